The summed E-state index contributed by atoms with van der Waals surface area (Å²) in [6.07, 6.45) is 7.68. The van der Waals surface area contributed by atoms with E-state index in [1.54, 1.807) is 0 Å². The molecular formula is C16H31NO. The first kappa shape index (κ1) is 14.3. The van der Waals surface area contributed by atoms with Crippen LogP contribution in [0.5, 0.6) is 0 Å². The molecule has 2 heteroatoms. The second kappa shape index (κ2) is 5.92. The Labute approximate surface area is 113 Å². The number of rotatable bonds is 3. The third kappa shape index (κ3) is 3.27. The molecule has 0 radical (unpaired) electrons. The summed E-state index contributed by atoms with van der Waals surface area (Å²) >= 11 is 0. The number of ether oxygens (including phenoxy) is 1. The zero-order valence-electron chi connectivity index (χ0n) is 12.7. The van der Waals surface area contributed by atoms with Crippen LogP contribution in [0.25, 0.3) is 0 Å². The average Bonchev–Trinajstić information content (AvgIpc) is 2.35. The first-order valence-corrected chi connectivity index (χ1v) is 7.94. The Hall–Kier alpha value is -0.0800. The number of hydrogen-bond donors (Lipinski definition) is 1. The third-order valence-electron chi connectivity index (χ3n) is 5.50. The molecule has 1 N–H and O–H groups in total. The van der Waals surface area contributed by atoms with E-state index in [0.717, 1.165) is 30.9 Å². The van der Waals surface area contributed by atoms with Crippen LogP contribution in [0, 0.1) is 11.8 Å². The highest BCUT2D eigenvalue weighted by molar-refractivity contribution is 4.90. The second-order valence-corrected chi connectivity index (χ2v) is 6.88. The summed E-state index contributed by atoms with van der Waals surface area (Å²) in [5.74, 6) is 1.71. The van der Waals surface area contributed by atoms with Crippen molar-refractivity contribution in [1.29, 1.82) is 0 Å². The molecule has 1 aliphatic heterocycles. The van der Waals surface area contributed by atoms with Gasteiger partial charge < -0.3 is 10.1 Å². The molecule has 5 atom stereocenters. The van der Waals surface area contributed by atoms with Gasteiger partial charge in [0.2, 0.25) is 0 Å². The monoisotopic (exact) mass is 253 g/mol. The molecule has 0 aromatic carbocycles. The van der Waals surface area contributed by atoms with E-state index >= 15 is 0 Å². The van der Waals surface area contributed by atoms with Crippen LogP contribution in [0.2, 0.25) is 0 Å². The average molecular weight is 253 g/mol. The minimum atomic E-state index is 0.111. The molecule has 0 aromatic heterocycles. The minimum absolute atomic E-state index is 0.111. The van der Waals surface area contributed by atoms with E-state index in [4.69, 9.17) is 4.74 Å². The molecule has 2 rings (SSSR count). The molecule has 0 amide bonds. The van der Waals surface area contributed by atoms with Gasteiger partial charge in [-0.3, -0.25) is 0 Å². The fourth-order valence-corrected chi connectivity index (χ4v) is 3.64. The zero-order valence-corrected chi connectivity index (χ0v) is 12.7. The highest BCUT2D eigenvalue weighted by atomic mass is 16.5. The van der Waals surface area contributed by atoms with Gasteiger partial charge in [0.1, 0.15) is 0 Å². The molecule has 1 heterocycles. The smallest absolute Gasteiger partial charge is 0.0666 e. The van der Waals surface area contributed by atoms with Crippen molar-refractivity contribution < 1.29 is 4.74 Å². The molecule has 0 spiro atoms. The topological polar surface area (TPSA) is 21.3 Å². The molecule has 1 saturated carbocycles. The van der Waals surface area contributed by atoms with Gasteiger partial charge in [-0.05, 0) is 44.4 Å². The van der Waals surface area contributed by atoms with Crippen LogP contribution in [-0.2, 0) is 4.74 Å². The van der Waals surface area contributed by atoms with Gasteiger partial charge in [-0.2, -0.15) is 0 Å². The lowest BCUT2D eigenvalue weighted by Gasteiger charge is -2.42. The van der Waals surface area contributed by atoms with Crippen LogP contribution in [0.4, 0.5) is 0 Å². The Bertz CT molecular complexity index is 268. The highest BCUT2D eigenvalue weighted by Crippen LogP contribution is 2.32. The first-order chi connectivity index (χ1) is 8.54. The summed E-state index contributed by atoms with van der Waals surface area (Å²) in [5.41, 5.74) is 0.111. The summed E-state index contributed by atoms with van der Waals surface area (Å²) in [6.45, 7) is 10.3. The summed E-state index contributed by atoms with van der Waals surface area (Å²) in [5, 5.41) is 3.95. The molecule has 2 fully saturated rings. The predicted octanol–water partition coefficient (Wildman–Crippen LogP) is 3.75. The molecule has 5 unspecified atom stereocenters. The second-order valence-electron chi connectivity index (χ2n) is 6.88. The Morgan fingerprint density at radius 2 is 2.00 bits per heavy atom. The van der Waals surface area contributed by atoms with Gasteiger partial charge in [0.05, 0.1) is 5.60 Å². The Morgan fingerprint density at radius 3 is 2.72 bits per heavy atom. The largest absolute Gasteiger partial charge is 0.375 e. The van der Waals surface area contributed by atoms with Gasteiger partial charge in [0, 0.05) is 18.7 Å². The van der Waals surface area contributed by atoms with Gasteiger partial charge in [-0.25, -0.2) is 0 Å². The fourth-order valence-electron chi connectivity index (χ4n) is 3.64. The Morgan fingerprint density at radius 1 is 1.22 bits per heavy atom. The molecule has 0 aromatic rings. The van der Waals surface area contributed by atoms with E-state index in [9.17, 15) is 0 Å². The molecule has 1 aliphatic carbocycles. The lowest BCUT2D eigenvalue weighted by atomic mass is 9.77. The molecule has 106 valence electrons. The van der Waals surface area contributed by atoms with Crippen molar-refractivity contribution in [3.8, 4) is 0 Å². The van der Waals surface area contributed by atoms with Gasteiger partial charge >= 0.3 is 0 Å². The first-order valence-electron chi connectivity index (χ1n) is 7.94. The van der Waals surface area contributed by atoms with E-state index in [2.05, 4.69) is 33.0 Å². The van der Waals surface area contributed by atoms with Gasteiger partial charge in [0.25, 0.3) is 0 Å². The van der Waals surface area contributed by atoms with E-state index in [-0.39, 0.29) is 5.60 Å². The molecular weight excluding hydrogens is 222 g/mol. The van der Waals surface area contributed by atoms with E-state index in [1.165, 1.54) is 32.1 Å². The maximum atomic E-state index is 5.94. The van der Waals surface area contributed by atoms with Crippen LogP contribution < -0.4 is 5.32 Å². The lowest BCUT2D eigenvalue weighted by Crippen LogP contribution is -2.51. The maximum Gasteiger partial charge on any atom is 0.0666 e. The van der Waals surface area contributed by atoms with Crippen LogP contribution in [-0.4, -0.2) is 24.3 Å². The van der Waals surface area contributed by atoms with Crippen molar-refractivity contribution in [1.82, 2.24) is 5.32 Å². The normalized spacial score (nSPS) is 46.0. The molecule has 2 nitrogen and oxygen atoms in total. The van der Waals surface area contributed by atoms with Crippen LogP contribution in [0.3, 0.4) is 0 Å². The number of hydrogen-bond acceptors (Lipinski definition) is 2. The SMILES string of the molecule is CCC1(C)CC(NC2CCCC(C)C2C)CCO1. The molecule has 1 saturated heterocycles. The number of nitrogens with one attached hydrogen (secondary N) is 1. The highest BCUT2D eigenvalue weighted by Gasteiger charge is 2.34. The van der Waals surface area contributed by atoms with Crippen molar-refractivity contribution in [3.63, 3.8) is 0 Å². The van der Waals surface area contributed by atoms with E-state index in [0.29, 0.717) is 6.04 Å². The van der Waals surface area contributed by atoms with E-state index < -0.39 is 0 Å². The van der Waals surface area contributed by atoms with Crippen molar-refractivity contribution in [2.75, 3.05) is 6.61 Å². The minimum Gasteiger partial charge on any atom is -0.375 e. The predicted molar refractivity (Wildman–Crippen MR) is 76.8 cm³/mol. The maximum absolute atomic E-state index is 5.94. The van der Waals surface area contributed by atoms with Crippen molar-refractivity contribution in [2.24, 2.45) is 11.8 Å². The van der Waals surface area contributed by atoms with Gasteiger partial charge in [0.15, 0.2) is 0 Å². The quantitative estimate of drug-likeness (QED) is 0.827. The summed E-state index contributed by atoms with van der Waals surface area (Å²) < 4.78 is 5.94. The van der Waals surface area contributed by atoms with Crippen LogP contribution in [0.15, 0.2) is 0 Å². The molecule has 2 aliphatic rings. The summed E-state index contributed by atoms with van der Waals surface area (Å²) in [6, 6.07) is 1.40. The zero-order chi connectivity index (χ0) is 13.2. The van der Waals surface area contributed by atoms with Crippen molar-refractivity contribution in [2.45, 2.75) is 83.9 Å². The van der Waals surface area contributed by atoms with Gasteiger partial charge in [-0.15, -0.1) is 0 Å². The molecule has 0 bridgehead atoms. The van der Waals surface area contributed by atoms with Crippen LogP contribution in [0.1, 0.15) is 66.2 Å². The third-order valence-corrected chi connectivity index (χ3v) is 5.50. The van der Waals surface area contributed by atoms with Crippen molar-refractivity contribution >= 4 is 0 Å². The van der Waals surface area contributed by atoms with Crippen LogP contribution >= 0.6 is 0 Å². The fraction of sp³-hybridized carbons (Fsp3) is 1.00. The van der Waals surface area contributed by atoms with Crippen molar-refractivity contribution in [3.05, 3.63) is 0 Å². The summed E-state index contributed by atoms with van der Waals surface area (Å²) in [7, 11) is 0. The van der Waals surface area contributed by atoms with Gasteiger partial charge in [-0.1, -0.05) is 33.6 Å². The Kier molecular flexibility index (Phi) is 4.71. The lowest BCUT2D eigenvalue weighted by molar-refractivity contribution is -0.0805. The molecule has 18 heavy (non-hydrogen) atoms. The summed E-state index contributed by atoms with van der Waals surface area (Å²) in [4.78, 5) is 0. The standard InChI is InChI=1S/C16H31NO/c1-5-16(4)11-14(9-10-18-16)17-15-8-6-7-12(2)13(15)3/h12-15,17H,5-11H2,1-4H3. The Balaban J connectivity index is 1.88. The van der Waals surface area contributed by atoms with E-state index in [1.807, 2.05) is 0 Å².